The van der Waals surface area contributed by atoms with Crippen molar-refractivity contribution in [1.29, 1.82) is 0 Å². The zero-order valence-corrected chi connectivity index (χ0v) is 11.6. The van der Waals surface area contributed by atoms with Gasteiger partial charge in [-0.25, -0.2) is 0 Å². The fraction of sp³-hybridized carbons (Fsp3) is 1.00. The lowest BCUT2D eigenvalue weighted by molar-refractivity contribution is 0.0811. The van der Waals surface area contributed by atoms with Gasteiger partial charge in [-0.15, -0.1) is 0 Å². The van der Waals surface area contributed by atoms with Crippen LogP contribution in [0.3, 0.4) is 0 Å². The Morgan fingerprint density at radius 1 is 1.33 bits per heavy atom. The highest BCUT2D eigenvalue weighted by atomic mass is 79.9. The number of halogens is 1. The maximum atomic E-state index is 3.67. The molecule has 1 atom stereocenters. The molecule has 2 rings (SSSR count). The van der Waals surface area contributed by atoms with Crippen LogP contribution in [0, 0.1) is 5.41 Å². The normalized spacial score (nSPS) is 31.8. The lowest BCUT2D eigenvalue weighted by Gasteiger charge is -2.40. The van der Waals surface area contributed by atoms with Crippen molar-refractivity contribution in [3.63, 3.8) is 0 Å². The number of hydrogen-bond donors (Lipinski definition) is 0. The van der Waals surface area contributed by atoms with E-state index in [4.69, 9.17) is 0 Å². The molecule has 0 bridgehead atoms. The first-order valence-electron chi connectivity index (χ1n) is 6.18. The number of rotatable bonds is 4. The average Bonchev–Trinajstić information content (AvgIpc) is 3.02. The van der Waals surface area contributed by atoms with E-state index < -0.39 is 0 Å². The third-order valence-electron chi connectivity index (χ3n) is 4.13. The monoisotopic (exact) mass is 274 g/mol. The highest BCUT2D eigenvalue weighted by Gasteiger charge is 2.43. The zero-order chi connectivity index (χ0) is 10.9. The van der Waals surface area contributed by atoms with Crippen LogP contribution in [0.5, 0.6) is 0 Å². The Labute approximate surface area is 102 Å². The highest BCUT2D eigenvalue weighted by molar-refractivity contribution is 9.09. The Hall–Kier alpha value is 0.400. The predicted octanol–water partition coefficient (Wildman–Crippen LogP) is 2.19. The summed E-state index contributed by atoms with van der Waals surface area (Å²) in [5, 5.41) is 1.20. The third-order valence-corrected chi connectivity index (χ3v) is 5.32. The molecule has 3 heteroatoms. The second-order valence-corrected chi connectivity index (χ2v) is 5.97. The summed E-state index contributed by atoms with van der Waals surface area (Å²) in [6.45, 7) is 7.42. The summed E-state index contributed by atoms with van der Waals surface area (Å²) >= 11 is 3.67. The molecule has 0 amide bonds. The molecule has 1 saturated carbocycles. The minimum atomic E-state index is 0.647. The summed E-state index contributed by atoms with van der Waals surface area (Å²) in [7, 11) is 2.27. The van der Waals surface area contributed by atoms with Crippen LogP contribution in [0.15, 0.2) is 0 Å². The highest BCUT2D eigenvalue weighted by Crippen LogP contribution is 2.47. The standard InChI is InChI=1S/C12H23BrN2/c1-3-11-8-15(7-6-14(11)2)10-12(9-13)4-5-12/h11H,3-10H2,1-2H3. The van der Waals surface area contributed by atoms with Gasteiger partial charge in [0, 0.05) is 37.6 Å². The van der Waals surface area contributed by atoms with Crippen LogP contribution in [0.1, 0.15) is 26.2 Å². The van der Waals surface area contributed by atoms with Crippen LogP contribution in [0.25, 0.3) is 0 Å². The van der Waals surface area contributed by atoms with Gasteiger partial charge in [-0.05, 0) is 31.7 Å². The molecule has 1 saturated heterocycles. The van der Waals surface area contributed by atoms with Crippen molar-refractivity contribution < 1.29 is 0 Å². The molecule has 2 aliphatic rings. The Morgan fingerprint density at radius 3 is 2.60 bits per heavy atom. The minimum absolute atomic E-state index is 0.647. The van der Waals surface area contributed by atoms with E-state index in [2.05, 4.69) is 39.7 Å². The van der Waals surface area contributed by atoms with Gasteiger partial charge in [0.15, 0.2) is 0 Å². The molecule has 0 aromatic carbocycles. The third kappa shape index (κ3) is 2.75. The molecule has 2 fully saturated rings. The molecule has 1 aliphatic carbocycles. The van der Waals surface area contributed by atoms with Crippen LogP contribution >= 0.6 is 15.9 Å². The average molecular weight is 275 g/mol. The second-order valence-electron chi connectivity index (χ2n) is 5.41. The first kappa shape index (κ1) is 11.9. The smallest absolute Gasteiger partial charge is 0.0218 e. The Bertz CT molecular complexity index is 216. The van der Waals surface area contributed by atoms with Gasteiger partial charge in [0.1, 0.15) is 0 Å². The summed E-state index contributed by atoms with van der Waals surface area (Å²) < 4.78 is 0. The molecule has 0 N–H and O–H groups in total. The summed E-state index contributed by atoms with van der Waals surface area (Å²) in [5.41, 5.74) is 0.647. The number of alkyl halides is 1. The minimum Gasteiger partial charge on any atom is -0.301 e. The van der Waals surface area contributed by atoms with E-state index in [1.54, 1.807) is 0 Å². The van der Waals surface area contributed by atoms with Crippen molar-refractivity contribution in [2.24, 2.45) is 5.41 Å². The molecule has 1 heterocycles. The maximum absolute atomic E-state index is 3.67. The van der Waals surface area contributed by atoms with Gasteiger partial charge in [-0.3, -0.25) is 4.90 Å². The molecule has 0 aromatic rings. The fourth-order valence-electron chi connectivity index (χ4n) is 2.58. The zero-order valence-electron chi connectivity index (χ0n) is 10.0. The molecular weight excluding hydrogens is 252 g/mol. The largest absolute Gasteiger partial charge is 0.301 e. The molecule has 1 unspecified atom stereocenters. The quantitative estimate of drug-likeness (QED) is 0.726. The molecule has 0 radical (unpaired) electrons. The Balaban J connectivity index is 1.84. The first-order chi connectivity index (χ1) is 7.19. The van der Waals surface area contributed by atoms with Crippen molar-refractivity contribution in [3.8, 4) is 0 Å². The van der Waals surface area contributed by atoms with Crippen LogP contribution in [0.4, 0.5) is 0 Å². The van der Waals surface area contributed by atoms with Gasteiger partial charge < -0.3 is 4.90 Å². The lowest BCUT2D eigenvalue weighted by atomic mass is 10.1. The maximum Gasteiger partial charge on any atom is 0.0218 e. The van der Waals surface area contributed by atoms with Gasteiger partial charge in [-0.2, -0.15) is 0 Å². The molecule has 0 spiro atoms. The molecule has 15 heavy (non-hydrogen) atoms. The first-order valence-corrected chi connectivity index (χ1v) is 7.30. The van der Waals surface area contributed by atoms with E-state index in [1.807, 2.05) is 0 Å². The van der Waals surface area contributed by atoms with Gasteiger partial charge in [0.05, 0.1) is 0 Å². The predicted molar refractivity (Wildman–Crippen MR) is 68.6 cm³/mol. The summed E-state index contributed by atoms with van der Waals surface area (Å²) in [5.74, 6) is 0. The fourth-order valence-corrected chi connectivity index (χ4v) is 3.32. The van der Waals surface area contributed by atoms with Crippen molar-refractivity contribution >= 4 is 15.9 Å². The van der Waals surface area contributed by atoms with E-state index in [0.29, 0.717) is 5.41 Å². The summed E-state index contributed by atoms with van der Waals surface area (Å²) in [6.07, 6.45) is 4.15. The van der Waals surface area contributed by atoms with Crippen LogP contribution < -0.4 is 0 Å². The van der Waals surface area contributed by atoms with Crippen LogP contribution in [0.2, 0.25) is 0 Å². The van der Waals surface area contributed by atoms with E-state index in [1.165, 1.54) is 50.8 Å². The number of nitrogens with zero attached hydrogens (tertiary/aromatic N) is 2. The van der Waals surface area contributed by atoms with Crippen LogP contribution in [-0.2, 0) is 0 Å². The molecule has 1 aliphatic heterocycles. The summed E-state index contributed by atoms with van der Waals surface area (Å²) in [6, 6.07) is 0.782. The SMILES string of the molecule is CCC1CN(CC2(CBr)CC2)CCN1C. The summed E-state index contributed by atoms with van der Waals surface area (Å²) in [4.78, 5) is 5.20. The second kappa shape index (κ2) is 4.72. The van der Waals surface area contributed by atoms with Crippen molar-refractivity contribution in [3.05, 3.63) is 0 Å². The van der Waals surface area contributed by atoms with E-state index in [-0.39, 0.29) is 0 Å². The number of piperazine rings is 1. The number of hydrogen-bond acceptors (Lipinski definition) is 2. The van der Waals surface area contributed by atoms with Crippen molar-refractivity contribution in [2.45, 2.75) is 32.2 Å². The van der Waals surface area contributed by atoms with E-state index in [0.717, 1.165) is 6.04 Å². The molecule has 88 valence electrons. The van der Waals surface area contributed by atoms with Crippen LogP contribution in [-0.4, -0.2) is 54.4 Å². The van der Waals surface area contributed by atoms with Gasteiger partial charge >= 0.3 is 0 Å². The molecule has 0 aromatic heterocycles. The molecule has 2 nitrogen and oxygen atoms in total. The Kier molecular flexibility index (Phi) is 3.74. The van der Waals surface area contributed by atoms with E-state index >= 15 is 0 Å². The van der Waals surface area contributed by atoms with Crippen molar-refractivity contribution in [2.75, 3.05) is 38.6 Å². The van der Waals surface area contributed by atoms with Gasteiger partial charge in [0.2, 0.25) is 0 Å². The van der Waals surface area contributed by atoms with Crippen molar-refractivity contribution in [1.82, 2.24) is 9.80 Å². The lowest BCUT2D eigenvalue weighted by Crippen LogP contribution is -2.52. The number of likely N-dealkylation sites (N-methyl/N-ethyl adjacent to an activating group) is 1. The Morgan fingerprint density at radius 2 is 2.07 bits per heavy atom. The van der Waals surface area contributed by atoms with Gasteiger partial charge in [0.25, 0.3) is 0 Å². The van der Waals surface area contributed by atoms with E-state index in [9.17, 15) is 0 Å². The van der Waals surface area contributed by atoms with Gasteiger partial charge in [-0.1, -0.05) is 22.9 Å². The topological polar surface area (TPSA) is 6.48 Å². The molecular formula is C12H23BrN2.